The number of thiocarbonyl (C=S) groups is 1. The molecule has 0 saturated heterocycles. The smallest absolute Gasteiger partial charge is 0.240 e. The third-order valence-corrected chi connectivity index (χ3v) is 4.34. The number of hydrogen-bond acceptors (Lipinski definition) is 4. The highest BCUT2D eigenvalue weighted by Crippen LogP contribution is 2.10. The topological polar surface area (TPSA) is 81.4 Å². The van der Waals surface area contributed by atoms with Crippen LogP contribution in [-0.4, -0.2) is 33.2 Å². The Morgan fingerprint density at radius 3 is 2.50 bits per heavy atom. The molecule has 1 aromatic carbocycles. The summed E-state index contributed by atoms with van der Waals surface area (Å²) in [5.41, 5.74) is 6.10. The number of rotatable bonds is 9. The number of nitrogens with two attached hydrogens (primary N) is 1. The molecular formula is C13H20N2O3S2. The van der Waals surface area contributed by atoms with Gasteiger partial charge in [0.05, 0.1) is 11.5 Å². The first-order valence-corrected chi connectivity index (χ1v) is 8.34. The third kappa shape index (κ3) is 5.54. The number of nitrogens with one attached hydrogen (secondary N) is 1. The summed E-state index contributed by atoms with van der Waals surface area (Å²) in [7, 11) is -3.51. The molecule has 0 saturated carbocycles. The minimum absolute atomic E-state index is 0.186. The summed E-state index contributed by atoms with van der Waals surface area (Å²) in [4.78, 5) is 0.428. The maximum Gasteiger partial charge on any atom is 0.240 e. The van der Waals surface area contributed by atoms with Crippen LogP contribution in [0.2, 0.25) is 0 Å². The lowest BCUT2D eigenvalue weighted by Gasteiger charge is -2.08. The lowest BCUT2D eigenvalue weighted by molar-refractivity contribution is 0.136. The molecule has 0 spiro atoms. The van der Waals surface area contributed by atoms with E-state index in [1.165, 1.54) is 12.1 Å². The van der Waals surface area contributed by atoms with E-state index >= 15 is 0 Å². The number of hydrogen-bond donors (Lipinski definition) is 2. The van der Waals surface area contributed by atoms with Crippen molar-refractivity contribution in [1.29, 1.82) is 0 Å². The van der Waals surface area contributed by atoms with Gasteiger partial charge in [0.15, 0.2) is 0 Å². The van der Waals surface area contributed by atoms with Gasteiger partial charge in [-0.1, -0.05) is 37.7 Å². The van der Waals surface area contributed by atoms with E-state index in [-0.39, 0.29) is 16.4 Å². The van der Waals surface area contributed by atoms with Crippen molar-refractivity contribution in [2.24, 2.45) is 5.73 Å². The fourth-order valence-corrected chi connectivity index (χ4v) is 2.63. The summed E-state index contributed by atoms with van der Waals surface area (Å²) in [5, 5.41) is 0. The van der Waals surface area contributed by atoms with Crippen molar-refractivity contribution in [3.05, 3.63) is 29.8 Å². The number of benzene rings is 1. The van der Waals surface area contributed by atoms with Gasteiger partial charge in [-0.25, -0.2) is 13.1 Å². The summed E-state index contributed by atoms with van der Waals surface area (Å²) in [6.07, 6.45) is 2.04. The molecule has 3 N–H and O–H groups in total. The van der Waals surface area contributed by atoms with Crippen LogP contribution in [0.5, 0.6) is 0 Å². The standard InChI is InChI=1S/C13H20N2O3S2/c1-2-3-9-18-10-8-15-20(16,17)12-6-4-11(5-7-12)13(14)19/h4-7,15H,2-3,8-10H2,1H3,(H2,14,19). The van der Waals surface area contributed by atoms with Crippen molar-refractivity contribution in [3.8, 4) is 0 Å². The predicted molar refractivity (Wildman–Crippen MR) is 83.2 cm³/mol. The molecule has 0 amide bonds. The van der Waals surface area contributed by atoms with Crippen LogP contribution in [-0.2, 0) is 14.8 Å². The predicted octanol–water partition coefficient (Wildman–Crippen LogP) is 1.42. The van der Waals surface area contributed by atoms with Gasteiger partial charge < -0.3 is 10.5 Å². The maximum absolute atomic E-state index is 12.0. The molecule has 1 rings (SSSR count). The average molecular weight is 316 g/mol. The van der Waals surface area contributed by atoms with E-state index in [0.29, 0.717) is 18.8 Å². The minimum Gasteiger partial charge on any atom is -0.389 e. The molecule has 0 atom stereocenters. The Balaban J connectivity index is 2.49. The van der Waals surface area contributed by atoms with E-state index < -0.39 is 10.0 Å². The zero-order valence-corrected chi connectivity index (χ0v) is 13.1. The lowest BCUT2D eigenvalue weighted by Crippen LogP contribution is -2.27. The van der Waals surface area contributed by atoms with Crippen LogP contribution < -0.4 is 10.5 Å². The van der Waals surface area contributed by atoms with Crippen molar-refractivity contribution < 1.29 is 13.2 Å². The Hall–Kier alpha value is -1.02. The Bertz CT molecular complexity index is 527. The van der Waals surface area contributed by atoms with Gasteiger partial charge >= 0.3 is 0 Å². The molecule has 0 bridgehead atoms. The third-order valence-electron chi connectivity index (χ3n) is 2.63. The molecule has 0 aromatic heterocycles. The van der Waals surface area contributed by atoms with Gasteiger partial charge in [-0.05, 0) is 18.6 Å². The van der Waals surface area contributed by atoms with E-state index in [1.54, 1.807) is 12.1 Å². The normalized spacial score (nSPS) is 11.4. The van der Waals surface area contributed by atoms with E-state index in [2.05, 4.69) is 11.6 Å². The molecule has 0 aliphatic rings. The first-order chi connectivity index (χ1) is 9.47. The highest BCUT2D eigenvalue weighted by atomic mass is 32.2. The molecule has 5 nitrogen and oxygen atoms in total. The molecule has 1 aromatic rings. The van der Waals surface area contributed by atoms with Gasteiger partial charge in [0.1, 0.15) is 4.99 Å². The van der Waals surface area contributed by atoms with Crippen LogP contribution in [0.25, 0.3) is 0 Å². The Labute approximate surface area is 125 Å². The van der Waals surface area contributed by atoms with Gasteiger partial charge in [0.2, 0.25) is 10.0 Å². The van der Waals surface area contributed by atoms with Gasteiger partial charge in [0, 0.05) is 18.7 Å². The lowest BCUT2D eigenvalue weighted by atomic mass is 10.2. The first kappa shape index (κ1) is 17.0. The fourth-order valence-electron chi connectivity index (χ4n) is 1.48. The van der Waals surface area contributed by atoms with E-state index in [4.69, 9.17) is 22.7 Å². The van der Waals surface area contributed by atoms with Crippen molar-refractivity contribution in [3.63, 3.8) is 0 Å². The van der Waals surface area contributed by atoms with E-state index in [0.717, 1.165) is 12.8 Å². The molecule has 7 heteroatoms. The molecule has 0 aliphatic carbocycles. The molecule has 20 heavy (non-hydrogen) atoms. The van der Waals surface area contributed by atoms with E-state index in [9.17, 15) is 8.42 Å². The Kier molecular flexibility index (Phi) is 7.08. The number of sulfonamides is 1. The maximum atomic E-state index is 12.0. The van der Waals surface area contributed by atoms with Crippen molar-refractivity contribution in [2.75, 3.05) is 19.8 Å². The van der Waals surface area contributed by atoms with Crippen molar-refractivity contribution in [2.45, 2.75) is 24.7 Å². The quantitative estimate of drug-likeness (QED) is 0.532. The number of ether oxygens (including phenoxy) is 1. The Morgan fingerprint density at radius 1 is 1.30 bits per heavy atom. The molecule has 0 unspecified atom stereocenters. The van der Waals surface area contributed by atoms with Crippen molar-refractivity contribution in [1.82, 2.24) is 4.72 Å². The van der Waals surface area contributed by atoms with Crippen molar-refractivity contribution >= 4 is 27.2 Å². The van der Waals surface area contributed by atoms with Gasteiger partial charge in [0.25, 0.3) is 0 Å². The van der Waals surface area contributed by atoms with Crippen LogP contribution in [0.4, 0.5) is 0 Å². The molecular weight excluding hydrogens is 296 g/mol. The van der Waals surface area contributed by atoms with Crippen LogP contribution >= 0.6 is 12.2 Å². The van der Waals surface area contributed by atoms with Gasteiger partial charge in [-0.2, -0.15) is 0 Å². The SMILES string of the molecule is CCCCOCCNS(=O)(=O)c1ccc(C(N)=S)cc1. The summed E-state index contributed by atoms with van der Waals surface area (Å²) in [6, 6.07) is 6.15. The van der Waals surface area contributed by atoms with Gasteiger partial charge in [-0.3, -0.25) is 0 Å². The van der Waals surface area contributed by atoms with Crippen LogP contribution in [0.15, 0.2) is 29.2 Å². The minimum atomic E-state index is -3.51. The average Bonchev–Trinajstić information content (AvgIpc) is 2.43. The fraction of sp³-hybridized carbons (Fsp3) is 0.462. The zero-order chi connectivity index (χ0) is 15.0. The largest absolute Gasteiger partial charge is 0.389 e. The van der Waals surface area contributed by atoms with Crippen LogP contribution in [0, 0.1) is 0 Å². The van der Waals surface area contributed by atoms with E-state index in [1.807, 2.05) is 0 Å². The summed E-state index contributed by atoms with van der Waals surface area (Å²) < 4.78 is 31.7. The zero-order valence-electron chi connectivity index (χ0n) is 11.5. The van der Waals surface area contributed by atoms with Crippen LogP contribution in [0.3, 0.4) is 0 Å². The summed E-state index contributed by atoms with van der Waals surface area (Å²) in [6.45, 7) is 3.34. The van der Waals surface area contributed by atoms with Crippen LogP contribution in [0.1, 0.15) is 25.3 Å². The summed E-state index contributed by atoms with van der Waals surface area (Å²) in [5.74, 6) is 0. The second kappa shape index (κ2) is 8.31. The molecule has 112 valence electrons. The molecule has 0 radical (unpaired) electrons. The molecule has 0 heterocycles. The highest BCUT2D eigenvalue weighted by Gasteiger charge is 2.13. The van der Waals surface area contributed by atoms with Gasteiger partial charge in [-0.15, -0.1) is 0 Å². The first-order valence-electron chi connectivity index (χ1n) is 6.44. The molecule has 0 aliphatic heterocycles. The second-order valence-electron chi connectivity index (χ2n) is 4.25. The summed E-state index contributed by atoms with van der Waals surface area (Å²) >= 11 is 4.82. The highest BCUT2D eigenvalue weighted by molar-refractivity contribution is 7.89. The Morgan fingerprint density at radius 2 is 1.95 bits per heavy atom. The molecule has 0 fully saturated rings. The number of unbranched alkanes of at least 4 members (excludes halogenated alkanes) is 1. The monoisotopic (exact) mass is 316 g/mol. The second-order valence-corrected chi connectivity index (χ2v) is 6.46.